The molecule has 1 atom stereocenters. The van der Waals surface area contributed by atoms with Gasteiger partial charge in [-0.1, -0.05) is 13.8 Å². The van der Waals surface area contributed by atoms with Gasteiger partial charge in [-0.2, -0.15) is 4.98 Å². The van der Waals surface area contributed by atoms with Crippen LogP contribution in [0.2, 0.25) is 0 Å². The molecule has 0 unspecified atom stereocenters. The summed E-state index contributed by atoms with van der Waals surface area (Å²) in [6.07, 6.45) is 1.24. The van der Waals surface area contributed by atoms with Crippen LogP contribution >= 0.6 is 12.4 Å². The van der Waals surface area contributed by atoms with Crippen molar-refractivity contribution in [3.05, 3.63) is 5.89 Å². The molecule has 7 nitrogen and oxygen atoms in total. The Morgan fingerprint density at radius 1 is 1.43 bits per heavy atom. The van der Waals surface area contributed by atoms with Crippen LogP contribution in [0.3, 0.4) is 0 Å². The van der Waals surface area contributed by atoms with Crippen molar-refractivity contribution in [1.29, 1.82) is 0 Å². The molecule has 0 aliphatic carbocycles. The summed E-state index contributed by atoms with van der Waals surface area (Å²) in [6, 6.07) is 0. The molecule has 0 radical (unpaired) electrons. The fourth-order valence-electron chi connectivity index (χ4n) is 1.85. The second-order valence-electron chi connectivity index (χ2n) is 5.48. The Morgan fingerprint density at radius 3 is 2.57 bits per heavy atom. The van der Waals surface area contributed by atoms with Crippen molar-refractivity contribution >= 4 is 24.3 Å². The zero-order valence-corrected chi connectivity index (χ0v) is 13.9. The molecule has 1 aromatic heterocycles. The van der Waals surface area contributed by atoms with E-state index in [9.17, 15) is 4.79 Å². The first-order chi connectivity index (χ1) is 9.42. The summed E-state index contributed by atoms with van der Waals surface area (Å²) < 4.78 is 10.1. The minimum atomic E-state index is -0.286. The van der Waals surface area contributed by atoms with Gasteiger partial charge in [-0.3, -0.25) is 4.79 Å². The number of esters is 1. The molecular formula is C13H25ClN4O3. The Labute approximate surface area is 131 Å². The lowest BCUT2D eigenvalue weighted by molar-refractivity contribution is -0.146. The van der Waals surface area contributed by atoms with Crippen molar-refractivity contribution < 1.29 is 14.1 Å². The number of carbonyl (C=O) groups is 1. The minimum absolute atomic E-state index is 0. The standard InChI is InChI=1S/C13H24N4O3.ClH/c1-9(2)5-10(7-14)6-12(18)19-8-11-15-13(16-20-11)17(3)4;/h9-10H,5-8,14H2,1-4H3;1H/t10-;/m0./s1. The first kappa shape index (κ1) is 19.7. The third kappa shape index (κ3) is 7.29. The van der Waals surface area contributed by atoms with Gasteiger partial charge in [0.15, 0.2) is 6.61 Å². The van der Waals surface area contributed by atoms with E-state index in [0.717, 1.165) is 6.42 Å². The van der Waals surface area contributed by atoms with Crippen LogP contribution in [0.4, 0.5) is 5.95 Å². The first-order valence-electron chi connectivity index (χ1n) is 6.78. The van der Waals surface area contributed by atoms with Crippen LogP contribution in [0.1, 0.15) is 32.6 Å². The van der Waals surface area contributed by atoms with Gasteiger partial charge in [0.05, 0.1) is 0 Å². The van der Waals surface area contributed by atoms with E-state index in [-0.39, 0.29) is 36.8 Å². The van der Waals surface area contributed by atoms with Gasteiger partial charge in [-0.05, 0) is 30.0 Å². The van der Waals surface area contributed by atoms with Crippen molar-refractivity contribution in [2.24, 2.45) is 17.6 Å². The highest BCUT2D eigenvalue weighted by molar-refractivity contribution is 5.85. The van der Waals surface area contributed by atoms with Gasteiger partial charge in [-0.25, -0.2) is 0 Å². The number of halogens is 1. The number of ether oxygens (including phenoxy) is 1. The molecule has 0 aliphatic rings. The summed E-state index contributed by atoms with van der Waals surface area (Å²) in [5, 5.41) is 3.74. The molecule has 8 heteroatoms. The normalized spacial score (nSPS) is 11.9. The monoisotopic (exact) mass is 320 g/mol. The van der Waals surface area contributed by atoms with Crippen molar-refractivity contribution in [3.63, 3.8) is 0 Å². The van der Waals surface area contributed by atoms with Crippen LogP contribution in [0.15, 0.2) is 4.52 Å². The summed E-state index contributed by atoms with van der Waals surface area (Å²) in [7, 11) is 3.61. The molecule has 1 aromatic rings. The third-order valence-electron chi connectivity index (χ3n) is 2.81. The summed E-state index contributed by atoms with van der Waals surface area (Å²) in [4.78, 5) is 17.5. The van der Waals surface area contributed by atoms with Gasteiger partial charge in [-0.15, -0.1) is 12.4 Å². The molecule has 0 spiro atoms. The number of hydrogen-bond donors (Lipinski definition) is 1. The van der Waals surface area contributed by atoms with Crippen LogP contribution in [-0.2, 0) is 16.1 Å². The summed E-state index contributed by atoms with van der Waals surface area (Å²) in [5.74, 6) is 1.12. The fourth-order valence-corrected chi connectivity index (χ4v) is 1.85. The molecule has 0 aromatic carbocycles. The lowest BCUT2D eigenvalue weighted by atomic mass is 9.94. The molecule has 2 N–H and O–H groups in total. The molecule has 122 valence electrons. The van der Waals surface area contributed by atoms with E-state index in [2.05, 4.69) is 24.0 Å². The lowest BCUT2D eigenvalue weighted by Gasteiger charge is -2.15. The van der Waals surface area contributed by atoms with Gasteiger partial charge >= 0.3 is 5.97 Å². The zero-order chi connectivity index (χ0) is 15.1. The predicted molar refractivity (Wildman–Crippen MR) is 82.3 cm³/mol. The second-order valence-corrected chi connectivity index (χ2v) is 5.48. The smallest absolute Gasteiger partial charge is 0.306 e. The molecule has 0 saturated heterocycles. The topological polar surface area (TPSA) is 94.5 Å². The highest BCUT2D eigenvalue weighted by Gasteiger charge is 2.16. The summed E-state index contributed by atoms with van der Waals surface area (Å²) in [5.41, 5.74) is 5.66. The van der Waals surface area contributed by atoms with E-state index >= 15 is 0 Å². The van der Waals surface area contributed by atoms with E-state index in [1.807, 2.05) is 0 Å². The van der Waals surface area contributed by atoms with Crippen LogP contribution in [-0.4, -0.2) is 36.8 Å². The maximum absolute atomic E-state index is 11.7. The van der Waals surface area contributed by atoms with Crippen LogP contribution in [0, 0.1) is 11.8 Å². The van der Waals surface area contributed by atoms with Gasteiger partial charge < -0.3 is 19.9 Å². The SMILES string of the molecule is CC(C)C[C@H](CN)CC(=O)OCc1nc(N(C)C)no1.Cl. The second kappa shape index (κ2) is 9.57. The Kier molecular flexibility index (Phi) is 8.96. The molecule has 0 fully saturated rings. The summed E-state index contributed by atoms with van der Waals surface area (Å²) >= 11 is 0. The average Bonchev–Trinajstić information content (AvgIpc) is 2.84. The van der Waals surface area contributed by atoms with Crippen LogP contribution < -0.4 is 10.6 Å². The molecule has 0 amide bonds. The molecule has 0 saturated carbocycles. The number of aromatic nitrogens is 2. The molecule has 0 aliphatic heterocycles. The third-order valence-corrected chi connectivity index (χ3v) is 2.81. The molecule has 0 bridgehead atoms. The zero-order valence-electron chi connectivity index (χ0n) is 13.0. The maximum atomic E-state index is 11.7. The Morgan fingerprint density at radius 2 is 2.10 bits per heavy atom. The number of rotatable bonds is 8. The number of hydrogen-bond acceptors (Lipinski definition) is 7. The van der Waals surface area contributed by atoms with Gasteiger partial charge in [0, 0.05) is 20.5 Å². The van der Waals surface area contributed by atoms with Crippen LogP contribution in [0.5, 0.6) is 0 Å². The number of carbonyl (C=O) groups excluding carboxylic acids is 1. The number of nitrogens with zero attached hydrogens (tertiary/aromatic N) is 3. The molecule has 1 heterocycles. The quantitative estimate of drug-likeness (QED) is 0.727. The number of nitrogens with two attached hydrogens (primary N) is 1. The van der Waals surface area contributed by atoms with E-state index in [4.69, 9.17) is 15.0 Å². The maximum Gasteiger partial charge on any atom is 0.306 e. The largest absolute Gasteiger partial charge is 0.456 e. The fraction of sp³-hybridized carbons (Fsp3) is 0.769. The Bertz CT molecular complexity index is 423. The van der Waals surface area contributed by atoms with Crippen molar-refractivity contribution in [3.8, 4) is 0 Å². The van der Waals surface area contributed by atoms with Crippen molar-refractivity contribution in [2.75, 3.05) is 25.5 Å². The predicted octanol–water partition coefficient (Wildman–Crippen LogP) is 1.61. The first-order valence-corrected chi connectivity index (χ1v) is 6.78. The van der Waals surface area contributed by atoms with Gasteiger partial charge in [0.2, 0.25) is 0 Å². The Hall–Kier alpha value is -1.34. The summed E-state index contributed by atoms with van der Waals surface area (Å²) in [6.45, 7) is 4.70. The minimum Gasteiger partial charge on any atom is -0.456 e. The van der Waals surface area contributed by atoms with Crippen molar-refractivity contribution in [1.82, 2.24) is 10.1 Å². The highest BCUT2D eigenvalue weighted by Crippen LogP contribution is 2.15. The Balaban J connectivity index is 0.00000400. The molecule has 21 heavy (non-hydrogen) atoms. The average molecular weight is 321 g/mol. The number of anilines is 1. The lowest BCUT2D eigenvalue weighted by Crippen LogP contribution is -2.21. The highest BCUT2D eigenvalue weighted by atomic mass is 35.5. The van der Waals surface area contributed by atoms with E-state index in [0.29, 0.717) is 24.8 Å². The van der Waals surface area contributed by atoms with Crippen molar-refractivity contribution in [2.45, 2.75) is 33.3 Å². The van der Waals surface area contributed by atoms with E-state index in [1.54, 1.807) is 19.0 Å². The van der Waals surface area contributed by atoms with Gasteiger partial charge in [0.25, 0.3) is 11.8 Å². The van der Waals surface area contributed by atoms with E-state index in [1.165, 1.54) is 0 Å². The van der Waals surface area contributed by atoms with Gasteiger partial charge in [0.1, 0.15) is 0 Å². The molecule has 1 rings (SSSR count). The van der Waals surface area contributed by atoms with E-state index < -0.39 is 0 Å². The van der Waals surface area contributed by atoms with Crippen LogP contribution in [0.25, 0.3) is 0 Å². The molecular weight excluding hydrogens is 296 g/mol.